The first-order chi connectivity index (χ1) is 20.0. The molecule has 0 radical (unpaired) electrons. The number of nitrogens with zero attached hydrogens (tertiary/aromatic N) is 1. The molecular weight excluding hydrogens is 532 g/mol. The summed E-state index contributed by atoms with van der Waals surface area (Å²) in [4.78, 5) is 26.4. The molecule has 0 aromatic heterocycles. The zero-order valence-corrected chi connectivity index (χ0v) is 25.8. The lowest BCUT2D eigenvalue weighted by molar-refractivity contribution is -0.131. The fourth-order valence-electron chi connectivity index (χ4n) is 4.10. The maximum absolute atomic E-state index is 13.2. The van der Waals surface area contributed by atoms with E-state index in [0.717, 1.165) is 24.0 Å². The molecule has 0 aliphatic heterocycles. The first-order valence-electron chi connectivity index (χ1n) is 14.3. The molecule has 3 rings (SSSR count). The minimum Gasteiger partial charge on any atom is -0.493 e. The highest BCUT2D eigenvalue weighted by molar-refractivity contribution is 5.89. The van der Waals surface area contributed by atoms with Crippen molar-refractivity contribution >= 4 is 11.9 Å². The first-order valence-corrected chi connectivity index (χ1v) is 14.3. The van der Waals surface area contributed by atoms with Crippen LogP contribution in [0, 0.1) is 0 Å². The van der Waals surface area contributed by atoms with Crippen LogP contribution in [0.3, 0.4) is 0 Å². The van der Waals surface area contributed by atoms with Crippen molar-refractivity contribution in [1.82, 2.24) is 4.90 Å². The Hall–Kier alpha value is -4.04. The molecule has 0 spiro atoms. The normalized spacial score (nSPS) is 10.7. The van der Waals surface area contributed by atoms with Crippen LogP contribution in [0.4, 0.5) is 0 Å². The summed E-state index contributed by atoms with van der Waals surface area (Å²) in [7, 11) is 3.21. The lowest BCUT2D eigenvalue weighted by Gasteiger charge is -2.24. The summed E-state index contributed by atoms with van der Waals surface area (Å²) in [6, 6.07) is 20.1. The largest absolute Gasteiger partial charge is 0.493 e. The Morgan fingerprint density at radius 1 is 0.905 bits per heavy atom. The number of carbonyl (C=O) groups excluding carboxylic acids is 1. The SMILES string of the molecule is CC(C)(C)N.CCCCN(Cc1cccc(OC)c1OC)C(=O)CCc1ccc(OCc2ccccc2C(=O)O)cc1. The van der Waals surface area contributed by atoms with Crippen LogP contribution < -0.4 is 19.9 Å². The van der Waals surface area contributed by atoms with E-state index in [2.05, 4.69) is 6.92 Å². The predicted octanol–water partition coefficient (Wildman–Crippen LogP) is 6.49. The number of carboxylic acid groups (broad SMARTS) is 1. The van der Waals surface area contributed by atoms with Crippen LogP contribution in [0.25, 0.3) is 0 Å². The number of carboxylic acids is 1. The minimum absolute atomic E-state index is 0. The van der Waals surface area contributed by atoms with Crippen molar-refractivity contribution in [1.29, 1.82) is 0 Å². The van der Waals surface area contributed by atoms with Crippen molar-refractivity contribution in [3.05, 3.63) is 89.0 Å². The van der Waals surface area contributed by atoms with Crippen LogP contribution in [0.15, 0.2) is 66.7 Å². The summed E-state index contributed by atoms with van der Waals surface area (Å²) >= 11 is 0. The minimum atomic E-state index is -0.975. The van der Waals surface area contributed by atoms with Crippen molar-refractivity contribution in [2.24, 2.45) is 5.73 Å². The number of hydrogen-bond donors (Lipinski definition) is 2. The van der Waals surface area contributed by atoms with Gasteiger partial charge in [0.1, 0.15) is 12.4 Å². The second-order valence-electron chi connectivity index (χ2n) is 11.1. The monoisotopic (exact) mass is 578 g/mol. The van der Waals surface area contributed by atoms with E-state index in [0.29, 0.717) is 48.7 Å². The summed E-state index contributed by atoms with van der Waals surface area (Å²) in [5.74, 6) is 1.06. The summed E-state index contributed by atoms with van der Waals surface area (Å²) in [6.45, 7) is 9.32. The topological polar surface area (TPSA) is 111 Å². The van der Waals surface area contributed by atoms with Gasteiger partial charge in [-0.05, 0) is 63.4 Å². The molecular formula is C34H46N2O6. The maximum Gasteiger partial charge on any atom is 0.336 e. The number of rotatable bonds is 14. The molecule has 0 aliphatic carbocycles. The van der Waals surface area contributed by atoms with E-state index >= 15 is 0 Å². The standard InChI is InChI=1S/C30H35NO6.C4H11N/c1-4-5-19-31(20-23-10-8-12-27(35-2)29(23)36-3)28(32)18-15-22-13-16-25(17-14-22)37-21-24-9-6-7-11-26(24)30(33)34;1-4(2,3)5/h6-14,16-17H,4-5,15,18-21H2,1-3H3,(H,33,34);5H2,1-3H3. The quantitative estimate of drug-likeness (QED) is 0.225. The maximum atomic E-state index is 13.2. The molecule has 0 fully saturated rings. The molecule has 0 bridgehead atoms. The Morgan fingerprint density at radius 3 is 2.14 bits per heavy atom. The first kappa shape index (κ1) is 34.2. The lowest BCUT2D eigenvalue weighted by atomic mass is 10.1. The van der Waals surface area contributed by atoms with Crippen LogP contribution in [0.5, 0.6) is 17.2 Å². The molecule has 8 heteroatoms. The van der Waals surface area contributed by atoms with E-state index in [1.54, 1.807) is 38.5 Å². The number of para-hydroxylation sites is 1. The van der Waals surface area contributed by atoms with Crippen molar-refractivity contribution in [3.63, 3.8) is 0 Å². The van der Waals surface area contributed by atoms with E-state index < -0.39 is 5.97 Å². The molecule has 0 saturated carbocycles. The average Bonchev–Trinajstić information content (AvgIpc) is 2.96. The Labute approximate surface area is 250 Å². The van der Waals surface area contributed by atoms with Crippen molar-refractivity contribution < 1.29 is 28.9 Å². The van der Waals surface area contributed by atoms with Gasteiger partial charge < -0.3 is 30.0 Å². The molecule has 42 heavy (non-hydrogen) atoms. The third kappa shape index (κ3) is 11.8. The van der Waals surface area contributed by atoms with E-state index in [4.69, 9.17) is 19.9 Å². The Kier molecular flexibility index (Phi) is 13.9. The van der Waals surface area contributed by atoms with Crippen LogP contribution in [0.2, 0.25) is 0 Å². The molecule has 0 atom stereocenters. The zero-order chi connectivity index (χ0) is 31.1. The fourth-order valence-corrected chi connectivity index (χ4v) is 4.10. The Bertz CT molecular complexity index is 1260. The highest BCUT2D eigenvalue weighted by Crippen LogP contribution is 2.31. The van der Waals surface area contributed by atoms with Gasteiger partial charge in [-0.3, -0.25) is 4.79 Å². The van der Waals surface area contributed by atoms with Crippen molar-refractivity contribution in [2.75, 3.05) is 20.8 Å². The molecule has 0 unspecified atom stereocenters. The number of ether oxygens (including phenoxy) is 3. The van der Waals surface area contributed by atoms with Crippen LogP contribution in [-0.4, -0.2) is 48.2 Å². The molecule has 0 saturated heterocycles. The van der Waals surface area contributed by atoms with Gasteiger partial charge in [-0.2, -0.15) is 0 Å². The van der Waals surface area contributed by atoms with Gasteiger partial charge in [0.15, 0.2) is 11.5 Å². The molecule has 3 N–H and O–H groups in total. The molecule has 3 aromatic rings. The number of amides is 1. The third-order valence-electron chi connectivity index (χ3n) is 6.17. The van der Waals surface area contributed by atoms with E-state index in [9.17, 15) is 14.7 Å². The number of unbranched alkanes of at least 4 members (excludes halogenated alkanes) is 1. The Balaban J connectivity index is 0.00000113. The van der Waals surface area contributed by atoms with Gasteiger partial charge in [0.05, 0.1) is 19.8 Å². The van der Waals surface area contributed by atoms with Gasteiger partial charge in [0.2, 0.25) is 5.91 Å². The molecule has 3 aromatic carbocycles. The van der Waals surface area contributed by atoms with Crippen LogP contribution in [0.1, 0.15) is 74.0 Å². The summed E-state index contributed by atoms with van der Waals surface area (Å²) < 4.78 is 16.8. The second kappa shape index (κ2) is 17.0. The number of carbonyl (C=O) groups is 2. The average molecular weight is 579 g/mol. The smallest absolute Gasteiger partial charge is 0.336 e. The Morgan fingerprint density at radius 2 is 1.55 bits per heavy atom. The van der Waals surface area contributed by atoms with Crippen LogP contribution in [-0.2, 0) is 24.4 Å². The van der Waals surface area contributed by atoms with E-state index in [1.165, 1.54) is 0 Å². The number of hydrogen-bond acceptors (Lipinski definition) is 6. The summed E-state index contributed by atoms with van der Waals surface area (Å²) in [5.41, 5.74) is 8.15. The van der Waals surface area contributed by atoms with E-state index in [1.807, 2.05) is 68.1 Å². The fraction of sp³-hybridized carbons (Fsp3) is 0.412. The molecule has 1 amide bonds. The summed E-state index contributed by atoms with van der Waals surface area (Å²) in [6.07, 6.45) is 2.92. The van der Waals surface area contributed by atoms with Gasteiger partial charge >= 0.3 is 5.97 Å². The molecule has 8 nitrogen and oxygen atoms in total. The van der Waals surface area contributed by atoms with E-state index in [-0.39, 0.29) is 23.6 Å². The number of benzene rings is 3. The molecule has 0 heterocycles. The number of aromatic carboxylic acids is 1. The highest BCUT2D eigenvalue weighted by atomic mass is 16.5. The zero-order valence-electron chi connectivity index (χ0n) is 25.8. The van der Waals surface area contributed by atoms with Gasteiger partial charge in [0.25, 0.3) is 0 Å². The van der Waals surface area contributed by atoms with Gasteiger partial charge in [-0.1, -0.05) is 55.8 Å². The van der Waals surface area contributed by atoms with Crippen LogP contribution >= 0.6 is 0 Å². The second-order valence-corrected chi connectivity index (χ2v) is 11.1. The highest BCUT2D eigenvalue weighted by Gasteiger charge is 2.18. The van der Waals surface area contributed by atoms with Crippen molar-refractivity contribution in [3.8, 4) is 17.2 Å². The number of nitrogens with two attached hydrogens (primary N) is 1. The lowest BCUT2D eigenvalue weighted by Crippen LogP contribution is -2.31. The summed E-state index contributed by atoms with van der Waals surface area (Å²) in [5, 5.41) is 9.32. The third-order valence-corrected chi connectivity index (χ3v) is 6.17. The predicted molar refractivity (Wildman–Crippen MR) is 166 cm³/mol. The molecule has 228 valence electrons. The van der Waals surface area contributed by atoms with Crippen molar-refractivity contribution in [2.45, 2.75) is 72.1 Å². The van der Waals surface area contributed by atoms with Gasteiger partial charge in [0, 0.05) is 36.2 Å². The van der Waals surface area contributed by atoms with Gasteiger partial charge in [-0.15, -0.1) is 0 Å². The number of aryl methyl sites for hydroxylation is 1. The van der Waals surface area contributed by atoms with Gasteiger partial charge in [-0.25, -0.2) is 4.79 Å². The number of methoxy groups -OCH3 is 2. The molecule has 0 aliphatic rings.